The van der Waals surface area contributed by atoms with Crippen LogP contribution in [0.4, 0.5) is 5.69 Å². The molecule has 0 unspecified atom stereocenters. The number of nitrogens with two attached hydrogens (primary N) is 1. The molecule has 1 aromatic rings. The first kappa shape index (κ1) is 26.6. The second-order valence-corrected chi connectivity index (χ2v) is 11.4. The van der Waals surface area contributed by atoms with Gasteiger partial charge in [0.1, 0.15) is 12.6 Å². The lowest BCUT2D eigenvalue weighted by Crippen LogP contribution is -2.47. The SMILES string of the molecule is COCCN1CCN(c2ccc(C(N)=O)c([C@H](CC(C)(C)C)C(=O)N3CC[C@H]4OCC(=O)[C@H]43)c2)CC1. The number of anilines is 1. The lowest BCUT2D eigenvalue weighted by molar-refractivity contribution is -0.138. The van der Waals surface area contributed by atoms with Crippen molar-refractivity contribution in [3.05, 3.63) is 29.3 Å². The molecular weight excluding hydrogens is 460 g/mol. The summed E-state index contributed by atoms with van der Waals surface area (Å²) >= 11 is 0. The number of likely N-dealkylation sites (tertiary alicyclic amines) is 1. The van der Waals surface area contributed by atoms with Crippen LogP contribution in [0.15, 0.2) is 18.2 Å². The van der Waals surface area contributed by atoms with E-state index in [9.17, 15) is 14.4 Å². The van der Waals surface area contributed by atoms with Crippen LogP contribution < -0.4 is 10.6 Å². The Morgan fingerprint density at radius 2 is 1.89 bits per heavy atom. The topological polar surface area (TPSA) is 105 Å². The van der Waals surface area contributed by atoms with E-state index >= 15 is 0 Å². The predicted molar refractivity (Wildman–Crippen MR) is 137 cm³/mol. The fourth-order valence-corrected chi connectivity index (χ4v) is 5.69. The molecule has 0 aromatic heterocycles. The zero-order chi connectivity index (χ0) is 26.0. The van der Waals surface area contributed by atoms with Crippen molar-refractivity contribution in [2.24, 2.45) is 11.1 Å². The van der Waals surface area contributed by atoms with Gasteiger partial charge in [-0.25, -0.2) is 0 Å². The largest absolute Gasteiger partial charge is 0.383 e. The lowest BCUT2D eigenvalue weighted by Gasteiger charge is -2.37. The van der Waals surface area contributed by atoms with Gasteiger partial charge in [-0.15, -0.1) is 0 Å². The number of benzene rings is 1. The molecule has 36 heavy (non-hydrogen) atoms. The number of fused-ring (bicyclic) bond motifs is 1. The van der Waals surface area contributed by atoms with Crippen LogP contribution in [-0.4, -0.2) is 99.1 Å². The number of ketones is 1. The molecule has 2 N–H and O–H groups in total. The summed E-state index contributed by atoms with van der Waals surface area (Å²) in [7, 11) is 1.71. The van der Waals surface area contributed by atoms with Gasteiger partial charge in [-0.1, -0.05) is 20.8 Å². The van der Waals surface area contributed by atoms with Crippen molar-refractivity contribution < 1.29 is 23.9 Å². The summed E-state index contributed by atoms with van der Waals surface area (Å²) in [6.07, 6.45) is 0.956. The summed E-state index contributed by atoms with van der Waals surface area (Å²) in [5.74, 6) is -1.30. The molecule has 198 valence electrons. The number of piperazine rings is 1. The number of methoxy groups -OCH3 is 1. The Hall–Kier alpha value is -2.49. The number of carbonyl (C=O) groups is 3. The molecule has 4 rings (SSSR count). The number of amides is 2. The summed E-state index contributed by atoms with van der Waals surface area (Å²) < 4.78 is 10.8. The normalized spacial score (nSPS) is 23.7. The molecule has 3 saturated heterocycles. The smallest absolute Gasteiger partial charge is 0.249 e. The molecule has 3 atom stereocenters. The van der Waals surface area contributed by atoms with Gasteiger partial charge in [0.15, 0.2) is 5.78 Å². The average Bonchev–Trinajstić information content (AvgIpc) is 3.43. The number of ether oxygens (including phenoxy) is 2. The standard InChI is InChI=1S/C27H40N4O5/c1-27(2,3)16-21(26(34)31-8-7-23-24(31)22(32)17-36-23)20-15-18(5-6-19(20)25(28)33)30-11-9-29(10-12-30)13-14-35-4/h5-6,15,21,23-24H,7-14,16-17H2,1-4H3,(H2,28,33)/t21-,23+,24+/m0/s1. The second kappa shape index (κ2) is 10.9. The van der Waals surface area contributed by atoms with Gasteiger partial charge >= 0.3 is 0 Å². The number of rotatable bonds is 8. The molecule has 0 radical (unpaired) electrons. The van der Waals surface area contributed by atoms with Crippen LogP contribution in [0.5, 0.6) is 0 Å². The Morgan fingerprint density at radius 1 is 1.17 bits per heavy atom. The summed E-state index contributed by atoms with van der Waals surface area (Å²) in [5, 5.41) is 0. The molecule has 0 spiro atoms. The third-order valence-electron chi connectivity index (χ3n) is 7.53. The van der Waals surface area contributed by atoms with Crippen molar-refractivity contribution >= 4 is 23.3 Å². The second-order valence-electron chi connectivity index (χ2n) is 11.4. The quantitative estimate of drug-likeness (QED) is 0.579. The maximum Gasteiger partial charge on any atom is 0.249 e. The average molecular weight is 501 g/mol. The van der Waals surface area contributed by atoms with Gasteiger partial charge in [0.25, 0.3) is 0 Å². The first-order chi connectivity index (χ1) is 17.1. The minimum Gasteiger partial charge on any atom is -0.383 e. The molecule has 2 amide bonds. The highest BCUT2D eigenvalue weighted by Gasteiger charge is 2.48. The van der Waals surface area contributed by atoms with Crippen molar-refractivity contribution in [2.45, 2.75) is 51.7 Å². The van der Waals surface area contributed by atoms with E-state index in [1.54, 1.807) is 18.1 Å². The molecule has 9 nitrogen and oxygen atoms in total. The third kappa shape index (κ3) is 5.74. The molecule has 3 aliphatic heterocycles. The number of nitrogens with zero attached hydrogens (tertiary/aromatic N) is 3. The summed E-state index contributed by atoms with van der Waals surface area (Å²) in [6, 6.07) is 5.12. The molecule has 3 aliphatic rings. The van der Waals surface area contributed by atoms with Crippen LogP contribution in [0.3, 0.4) is 0 Å². The Balaban J connectivity index is 1.64. The van der Waals surface area contributed by atoms with Gasteiger partial charge in [-0.05, 0) is 42.0 Å². The van der Waals surface area contributed by atoms with E-state index in [2.05, 4.69) is 30.6 Å². The van der Waals surface area contributed by atoms with Crippen molar-refractivity contribution in [1.82, 2.24) is 9.80 Å². The molecule has 1 aromatic carbocycles. The van der Waals surface area contributed by atoms with Gasteiger partial charge in [-0.3, -0.25) is 19.3 Å². The Labute approximate surface area is 213 Å². The Kier molecular flexibility index (Phi) is 8.02. The number of primary amides is 1. The maximum absolute atomic E-state index is 14.1. The molecule has 3 heterocycles. The fraction of sp³-hybridized carbons (Fsp3) is 0.667. The van der Waals surface area contributed by atoms with Gasteiger partial charge in [0.05, 0.1) is 18.6 Å². The van der Waals surface area contributed by atoms with Gasteiger partial charge in [0, 0.05) is 57.6 Å². The molecule has 0 aliphatic carbocycles. The van der Waals surface area contributed by atoms with E-state index < -0.39 is 17.9 Å². The van der Waals surface area contributed by atoms with Crippen molar-refractivity contribution in [1.29, 1.82) is 0 Å². The first-order valence-corrected chi connectivity index (χ1v) is 12.9. The first-order valence-electron chi connectivity index (χ1n) is 12.9. The van der Waals surface area contributed by atoms with Crippen LogP contribution in [-0.2, 0) is 19.1 Å². The van der Waals surface area contributed by atoms with E-state index in [-0.39, 0.29) is 29.8 Å². The fourth-order valence-electron chi connectivity index (χ4n) is 5.69. The highest BCUT2D eigenvalue weighted by Crippen LogP contribution is 2.39. The van der Waals surface area contributed by atoms with Crippen LogP contribution in [0, 0.1) is 5.41 Å². The molecule has 0 bridgehead atoms. The number of hydrogen-bond donors (Lipinski definition) is 1. The zero-order valence-electron chi connectivity index (χ0n) is 22.0. The third-order valence-corrected chi connectivity index (χ3v) is 7.53. The van der Waals surface area contributed by atoms with E-state index in [1.165, 1.54) is 0 Å². The van der Waals surface area contributed by atoms with Crippen LogP contribution in [0.1, 0.15) is 55.5 Å². The summed E-state index contributed by atoms with van der Waals surface area (Å²) in [4.78, 5) is 45.4. The van der Waals surface area contributed by atoms with Crippen LogP contribution in [0.2, 0.25) is 0 Å². The monoisotopic (exact) mass is 500 g/mol. The van der Waals surface area contributed by atoms with Crippen LogP contribution >= 0.6 is 0 Å². The minimum atomic E-state index is -0.581. The molecule has 9 heteroatoms. The van der Waals surface area contributed by atoms with Gasteiger partial charge in [-0.2, -0.15) is 0 Å². The van der Waals surface area contributed by atoms with E-state index in [4.69, 9.17) is 15.2 Å². The molecular formula is C27H40N4O5. The number of Topliss-reactive ketones (excluding diaryl/α,β-unsaturated/α-hetero) is 1. The Bertz CT molecular complexity index is 983. The molecule has 3 fully saturated rings. The predicted octanol–water partition coefficient (Wildman–Crippen LogP) is 1.64. The van der Waals surface area contributed by atoms with E-state index in [0.29, 0.717) is 37.1 Å². The summed E-state index contributed by atoms with van der Waals surface area (Å²) in [6.45, 7) is 11.9. The van der Waals surface area contributed by atoms with Crippen molar-refractivity contribution in [2.75, 3.05) is 64.5 Å². The number of carbonyl (C=O) groups excluding carboxylic acids is 3. The minimum absolute atomic E-state index is 0.0458. The van der Waals surface area contributed by atoms with Gasteiger partial charge < -0.3 is 25.0 Å². The molecule has 0 saturated carbocycles. The van der Waals surface area contributed by atoms with Crippen molar-refractivity contribution in [3.63, 3.8) is 0 Å². The van der Waals surface area contributed by atoms with E-state index in [1.807, 2.05) is 12.1 Å². The lowest BCUT2D eigenvalue weighted by atomic mass is 9.79. The van der Waals surface area contributed by atoms with Crippen molar-refractivity contribution in [3.8, 4) is 0 Å². The Morgan fingerprint density at radius 3 is 2.53 bits per heavy atom. The maximum atomic E-state index is 14.1. The number of hydrogen-bond acceptors (Lipinski definition) is 7. The van der Waals surface area contributed by atoms with Gasteiger partial charge in [0.2, 0.25) is 11.8 Å². The highest BCUT2D eigenvalue weighted by molar-refractivity contribution is 5.99. The zero-order valence-corrected chi connectivity index (χ0v) is 22.0. The summed E-state index contributed by atoms with van der Waals surface area (Å²) in [5.41, 5.74) is 7.61. The highest BCUT2D eigenvalue weighted by atomic mass is 16.5. The van der Waals surface area contributed by atoms with Crippen LogP contribution in [0.25, 0.3) is 0 Å². The van der Waals surface area contributed by atoms with E-state index in [0.717, 1.165) is 38.4 Å².